The molecule has 5 nitrogen and oxygen atoms in total. The second kappa shape index (κ2) is 8.99. The summed E-state index contributed by atoms with van der Waals surface area (Å²) in [7, 11) is 0. The van der Waals surface area contributed by atoms with E-state index >= 15 is 0 Å². The summed E-state index contributed by atoms with van der Waals surface area (Å²) in [4.78, 5) is 28.7. The van der Waals surface area contributed by atoms with Crippen LogP contribution in [0, 0.1) is 5.92 Å². The van der Waals surface area contributed by atoms with Crippen molar-refractivity contribution < 1.29 is 14.7 Å². The summed E-state index contributed by atoms with van der Waals surface area (Å²) in [5.41, 5.74) is 1.02. The molecule has 1 N–H and O–H groups in total. The number of benzene rings is 1. The van der Waals surface area contributed by atoms with Gasteiger partial charge in [-0.25, -0.2) is 0 Å². The van der Waals surface area contributed by atoms with Crippen molar-refractivity contribution in [1.82, 2.24) is 9.80 Å². The fraction of sp³-hybridized carbons (Fsp3) is 0.524. The van der Waals surface area contributed by atoms with E-state index in [0.717, 1.165) is 44.3 Å². The lowest BCUT2D eigenvalue weighted by atomic mass is 9.83. The third-order valence-electron chi connectivity index (χ3n) is 5.48. The second-order valence-electron chi connectivity index (χ2n) is 7.20. The molecule has 2 aliphatic rings. The Morgan fingerprint density at radius 2 is 2.00 bits per heavy atom. The van der Waals surface area contributed by atoms with E-state index in [1.165, 1.54) is 0 Å². The molecule has 3 rings (SSSR count). The van der Waals surface area contributed by atoms with Gasteiger partial charge in [0.25, 0.3) is 0 Å². The van der Waals surface area contributed by atoms with Gasteiger partial charge in [0, 0.05) is 44.8 Å². The average molecular weight is 356 g/mol. The zero-order valence-electron chi connectivity index (χ0n) is 15.2. The van der Waals surface area contributed by atoms with Crippen molar-refractivity contribution in [2.75, 3.05) is 26.2 Å². The zero-order valence-corrected chi connectivity index (χ0v) is 15.2. The molecular formula is C21H28N2O3. The molecule has 2 fully saturated rings. The zero-order chi connectivity index (χ0) is 18.4. The van der Waals surface area contributed by atoms with Gasteiger partial charge in [-0.3, -0.25) is 9.59 Å². The molecule has 0 spiro atoms. The Bertz CT molecular complexity index is 644. The number of likely N-dealkylation sites (tertiary alicyclic amines) is 2. The lowest BCUT2D eigenvalue weighted by molar-refractivity contribution is -0.143. The van der Waals surface area contributed by atoms with Gasteiger partial charge in [-0.05, 0) is 43.2 Å². The number of amides is 2. The molecule has 2 saturated heterocycles. The van der Waals surface area contributed by atoms with Gasteiger partial charge in [0.05, 0.1) is 0 Å². The molecule has 5 heteroatoms. The molecule has 2 aliphatic heterocycles. The molecule has 0 bridgehead atoms. The average Bonchev–Trinajstić information content (AvgIpc) is 2.68. The van der Waals surface area contributed by atoms with E-state index in [1.807, 2.05) is 46.2 Å². The molecule has 0 saturated carbocycles. The summed E-state index contributed by atoms with van der Waals surface area (Å²) in [6.07, 6.45) is 7.38. The lowest BCUT2D eigenvalue weighted by Gasteiger charge is -2.47. The molecular weight excluding hydrogens is 328 g/mol. The third-order valence-corrected chi connectivity index (χ3v) is 5.48. The third kappa shape index (κ3) is 4.52. The van der Waals surface area contributed by atoms with Crippen molar-refractivity contribution in [2.24, 2.45) is 5.92 Å². The lowest BCUT2D eigenvalue weighted by Crippen LogP contribution is -2.56. The SMILES string of the molecule is O=C(C=Cc1ccccc1)N1CCC2C(CCC(=O)N2CCCCO)C1. The number of fused-ring (bicyclic) bond motifs is 1. The van der Waals surface area contributed by atoms with Crippen molar-refractivity contribution >= 4 is 17.9 Å². The first kappa shape index (κ1) is 18.6. The van der Waals surface area contributed by atoms with Gasteiger partial charge in [-0.15, -0.1) is 0 Å². The monoisotopic (exact) mass is 356 g/mol. The predicted octanol–water partition coefficient (Wildman–Crippen LogP) is 2.31. The molecule has 2 unspecified atom stereocenters. The Kier molecular flexibility index (Phi) is 6.45. The molecule has 0 aliphatic carbocycles. The van der Waals surface area contributed by atoms with E-state index in [0.29, 0.717) is 18.9 Å². The van der Waals surface area contributed by atoms with E-state index in [2.05, 4.69) is 0 Å². The number of nitrogens with zero attached hydrogens (tertiary/aromatic N) is 2. The standard InChI is InChI=1S/C21H28N2O3/c24-15-5-4-13-23-19-12-14-22(16-18(19)9-11-21(23)26)20(25)10-8-17-6-2-1-3-7-17/h1-3,6-8,10,18-19,24H,4-5,9,11-16H2. The van der Waals surface area contributed by atoms with E-state index < -0.39 is 0 Å². The van der Waals surface area contributed by atoms with Crippen LogP contribution in [0.4, 0.5) is 0 Å². The summed E-state index contributed by atoms with van der Waals surface area (Å²) in [5, 5.41) is 8.97. The predicted molar refractivity (Wildman–Crippen MR) is 101 cm³/mol. The molecule has 2 atom stereocenters. The number of hydrogen-bond donors (Lipinski definition) is 1. The van der Waals surface area contributed by atoms with Crippen LogP contribution in [-0.2, 0) is 9.59 Å². The first-order chi connectivity index (χ1) is 12.7. The van der Waals surface area contributed by atoms with Gasteiger partial charge < -0.3 is 14.9 Å². The van der Waals surface area contributed by atoms with Crippen molar-refractivity contribution in [1.29, 1.82) is 0 Å². The molecule has 2 heterocycles. The molecule has 1 aromatic carbocycles. The number of piperidine rings is 2. The van der Waals surface area contributed by atoms with Crippen LogP contribution in [0.2, 0.25) is 0 Å². The number of unbranched alkanes of at least 4 members (excludes halogenated alkanes) is 1. The number of aliphatic hydroxyl groups is 1. The minimum atomic E-state index is 0.0519. The van der Waals surface area contributed by atoms with E-state index in [-0.39, 0.29) is 24.5 Å². The maximum atomic E-state index is 12.5. The first-order valence-electron chi connectivity index (χ1n) is 9.61. The van der Waals surface area contributed by atoms with Gasteiger partial charge >= 0.3 is 0 Å². The quantitative estimate of drug-likeness (QED) is 0.628. The van der Waals surface area contributed by atoms with Crippen LogP contribution in [0.1, 0.15) is 37.7 Å². The van der Waals surface area contributed by atoms with Gasteiger partial charge in [-0.2, -0.15) is 0 Å². The first-order valence-corrected chi connectivity index (χ1v) is 9.61. The van der Waals surface area contributed by atoms with Crippen LogP contribution in [0.5, 0.6) is 0 Å². The number of rotatable bonds is 6. The minimum Gasteiger partial charge on any atom is -0.396 e. The van der Waals surface area contributed by atoms with Crippen LogP contribution in [-0.4, -0.2) is 59.0 Å². The summed E-state index contributed by atoms with van der Waals surface area (Å²) in [6, 6.07) is 10.1. The van der Waals surface area contributed by atoms with Gasteiger partial charge in [0.2, 0.25) is 11.8 Å². The Labute approximate surface area is 155 Å². The highest BCUT2D eigenvalue weighted by atomic mass is 16.3. The van der Waals surface area contributed by atoms with Gasteiger partial charge in [0.1, 0.15) is 0 Å². The normalized spacial score (nSPS) is 23.3. The molecule has 140 valence electrons. The fourth-order valence-corrected chi connectivity index (χ4v) is 4.07. The highest BCUT2D eigenvalue weighted by Gasteiger charge is 2.39. The van der Waals surface area contributed by atoms with E-state index in [4.69, 9.17) is 5.11 Å². The van der Waals surface area contributed by atoms with Crippen molar-refractivity contribution in [3.63, 3.8) is 0 Å². The van der Waals surface area contributed by atoms with Crippen molar-refractivity contribution in [3.8, 4) is 0 Å². The highest BCUT2D eigenvalue weighted by Crippen LogP contribution is 2.31. The maximum absolute atomic E-state index is 12.5. The van der Waals surface area contributed by atoms with Gasteiger partial charge in [0.15, 0.2) is 0 Å². The van der Waals surface area contributed by atoms with Crippen LogP contribution in [0.15, 0.2) is 36.4 Å². The smallest absolute Gasteiger partial charge is 0.246 e. The summed E-state index contributed by atoms with van der Waals surface area (Å²) < 4.78 is 0. The number of carbonyl (C=O) groups excluding carboxylic acids is 2. The van der Waals surface area contributed by atoms with Crippen LogP contribution in [0.25, 0.3) is 6.08 Å². The number of carbonyl (C=O) groups is 2. The largest absolute Gasteiger partial charge is 0.396 e. The van der Waals surface area contributed by atoms with Crippen molar-refractivity contribution in [3.05, 3.63) is 42.0 Å². The van der Waals surface area contributed by atoms with E-state index in [9.17, 15) is 9.59 Å². The Morgan fingerprint density at radius 3 is 2.77 bits per heavy atom. The molecule has 0 radical (unpaired) electrons. The molecule has 0 aromatic heterocycles. The van der Waals surface area contributed by atoms with Gasteiger partial charge in [-0.1, -0.05) is 30.3 Å². The summed E-state index contributed by atoms with van der Waals surface area (Å²) >= 11 is 0. The molecule has 2 amide bonds. The molecule has 1 aromatic rings. The summed E-state index contributed by atoms with van der Waals surface area (Å²) in [5.74, 6) is 0.647. The topological polar surface area (TPSA) is 60.9 Å². The maximum Gasteiger partial charge on any atom is 0.246 e. The van der Waals surface area contributed by atoms with E-state index in [1.54, 1.807) is 6.08 Å². The Hall–Kier alpha value is -2.14. The van der Waals surface area contributed by atoms with Crippen LogP contribution < -0.4 is 0 Å². The Balaban J connectivity index is 1.58. The van der Waals surface area contributed by atoms with Crippen LogP contribution >= 0.6 is 0 Å². The number of hydrogen-bond acceptors (Lipinski definition) is 3. The fourth-order valence-electron chi connectivity index (χ4n) is 4.07. The second-order valence-corrected chi connectivity index (χ2v) is 7.20. The molecule has 26 heavy (non-hydrogen) atoms. The minimum absolute atomic E-state index is 0.0519. The highest BCUT2D eigenvalue weighted by molar-refractivity contribution is 5.92. The van der Waals surface area contributed by atoms with Crippen molar-refractivity contribution in [2.45, 2.75) is 38.1 Å². The summed E-state index contributed by atoms with van der Waals surface area (Å²) in [6.45, 7) is 2.32. The number of aliphatic hydroxyl groups excluding tert-OH is 1. The van der Waals surface area contributed by atoms with Crippen LogP contribution in [0.3, 0.4) is 0 Å². The Morgan fingerprint density at radius 1 is 1.19 bits per heavy atom.